The lowest BCUT2D eigenvalue weighted by Gasteiger charge is -2.36. The summed E-state index contributed by atoms with van der Waals surface area (Å²) >= 11 is 0. The first-order chi connectivity index (χ1) is 19.3. The van der Waals surface area contributed by atoms with E-state index in [1.807, 2.05) is 45.9 Å². The van der Waals surface area contributed by atoms with Gasteiger partial charge in [-0.2, -0.15) is 0 Å². The highest BCUT2D eigenvalue weighted by atomic mass is 16.6. The third kappa shape index (κ3) is 10.4. The molecular formula is C33H49N3O5. The number of nitrogens with zero attached hydrogens (tertiary/aromatic N) is 1. The molecule has 2 unspecified atom stereocenters. The summed E-state index contributed by atoms with van der Waals surface area (Å²) in [7, 11) is 1.59. The van der Waals surface area contributed by atoms with Crippen LogP contribution in [0.2, 0.25) is 0 Å². The van der Waals surface area contributed by atoms with E-state index >= 15 is 0 Å². The lowest BCUT2D eigenvalue weighted by molar-refractivity contribution is -0.141. The number of benzene rings is 2. The first-order valence-electron chi connectivity index (χ1n) is 14.6. The number of ether oxygens (including phenoxy) is 2. The summed E-state index contributed by atoms with van der Waals surface area (Å²) in [5, 5.41) is 5.80. The van der Waals surface area contributed by atoms with Crippen molar-refractivity contribution in [2.45, 2.75) is 98.8 Å². The standard InChI is InChI=1S/C33H49N3O5/c1-10-11-12-13-20-36(31(38)28(22(2)3)35-32(39)41-33(6,7)8)29(27-19-14-23(4)21-24(27)5)30(37)34-25-15-17-26(40-9)18-16-25/h14-19,21-22,28-29H,10-13,20H2,1-9H3,(H,34,37)(H,35,39). The smallest absolute Gasteiger partial charge is 0.408 e. The topological polar surface area (TPSA) is 97.0 Å². The summed E-state index contributed by atoms with van der Waals surface area (Å²) in [6, 6.07) is 11.2. The van der Waals surface area contributed by atoms with Crippen molar-refractivity contribution < 1.29 is 23.9 Å². The van der Waals surface area contributed by atoms with Crippen molar-refractivity contribution in [2.24, 2.45) is 5.92 Å². The minimum Gasteiger partial charge on any atom is -0.497 e. The summed E-state index contributed by atoms with van der Waals surface area (Å²) in [6.07, 6.45) is 3.06. The Hall–Kier alpha value is -3.55. The molecule has 0 aliphatic heterocycles. The van der Waals surface area contributed by atoms with E-state index in [1.165, 1.54) is 0 Å². The molecule has 0 bridgehead atoms. The van der Waals surface area contributed by atoms with E-state index in [1.54, 1.807) is 57.0 Å². The molecule has 3 amide bonds. The number of alkyl carbamates (subject to hydrolysis) is 1. The molecule has 41 heavy (non-hydrogen) atoms. The fourth-order valence-electron chi connectivity index (χ4n) is 4.67. The van der Waals surface area contributed by atoms with Crippen molar-refractivity contribution in [1.82, 2.24) is 10.2 Å². The molecule has 2 atom stereocenters. The summed E-state index contributed by atoms with van der Waals surface area (Å²) < 4.78 is 10.7. The van der Waals surface area contributed by atoms with E-state index < -0.39 is 23.8 Å². The van der Waals surface area contributed by atoms with Gasteiger partial charge in [0.2, 0.25) is 5.91 Å². The molecule has 0 saturated heterocycles. The highest BCUT2D eigenvalue weighted by Gasteiger charge is 2.38. The Kier molecular flexibility index (Phi) is 12.7. The highest BCUT2D eigenvalue weighted by Crippen LogP contribution is 2.29. The van der Waals surface area contributed by atoms with Crippen LogP contribution >= 0.6 is 0 Å². The van der Waals surface area contributed by atoms with E-state index in [2.05, 4.69) is 17.6 Å². The van der Waals surface area contributed by atoms with Crippen LogP contribution in [0.4, 0.5) is 10.5 Å². The van der Waals surface area contributed by atoms with Gasteiger partial charge in [0.15, 0.2) is 0 Å². The number of rotatable bonds is 13. The minimum absolute atomic E-state index is 0.238. The molecule has 8 nitrogen and oxygen atoms in total. The first-order valence-corrected chi connectivity index (χ1v) is 14.6. The fourth-order valence-corrected chi connectivity index (χ4v) is 4.67. The predicted molar refractivity (Wildman–Crippen MR) is 164 cm³/mol. The summed E-state index contributed by atoms with van der Waals surface area (Å²) in [6.45, 7) is 15.5. The molecule has 2 aromatic carbocycles. The summed E-state index contributed by atoms with van der Waals surface area (Å²) in [5.74, 6) is -0.213. The largest absolute Gasteiger partial charge is 0.497 e. The van der Waals surface area contributed by atoms with Gasteiger partial charge in [0.05, 0.1) is 7.11 Å². The van der Waals surface area contributed by atoms with E-state index in [0.717, 1.165) is 42.4 Å². The van der Waals surface area contributed by atoms with Gasteiger partial charge in [0, 0.05) is 12.2 Å². The molecule has 2 aromatic rings. The number of nitrogens with one attached hydrogen (secondary N) is 2. The molecule has 0 heterocycles. The van der Waals surface area contributed by atoms with Crippen molar-refractivity contribution in [1.29, 1.82) is 0 Å². The zero-order valence-electron chi connectivity index (χ0n) is 26.3. The van der Waals surface area contributed by atoms with Crippen molar-refractivity contribution in [3.8, 4) is 5.75 Å². The van der Waals surface area contributed by atoms with E-state index in [-0.39, 0.29) is 17.7 Å². The monoisotopic (exact) mass is 567 g/mol. The van der Waals surface area contributed by atoms with E-state index in [4.69, 9.17) is 9.47 Å². The lowest BCUT2D eigenvalue weighted by Crippen LogP contribution is -2.54. The second kappa shape index (κ2) is 15.5. The molecule has 0 radical (unpaired) electrons. The van der Waals surface area contributed by atoms with Crippen LogP contribution in [-0.2, 0) is 14.3 Å². The molecule has 0 fully saturated rings. The maximum atomic E-state index is 14.3. The molecule has 2 N–H and O–H groups in total. The third-order valence-corrected chi connectivity index (χ3v) is 6.78. The normalized spacial score (nSPS) is 12.8. The van der Waals surface area contributed by atoms with Gasteiger partial charge in [-0.3, -0.25) is 9.59 Å². The number of hydrogen-bond donors (Lipinski definition) is 2. The number of hydrogen-bond acceptors (Lipinski definition) is 5. The molecule has 0 aliphatic carbocycles. The van der Waals surface area contributed by atoms with Crippen LogP contribution in [0.5, 0.6) is 5.75 Å². The zero-order chi connectivity index (χ0) is 30.7. The average molecular weight is 568 g/mol. The Balaban J connectivity index is 2.56. The van der Waals surface area contributed by atoms with Crippen molar-refractivity contribution in [2.75, 3.05) is 19.0 Å². The molecule has 0 aliphatic rings. The molecule has 0 aromatic heterocycles. The fraction of sp³-hybridized carbons (Fsp3) is 0.545. The van der Waals surface area contributed by atoms with Crippen molar-refractivity contribution in [3.05, 3.63) is 59.2 Å². The van der Waals surface area contributed by atoms with Gasteiger partial charge in [-0.15, -0.1) is 0 Å². The number of carbonyl (C=O) groups excluding carboxylic acids is 3. The molecule has 0 spiro atoms. The maximum Gasteiger partial charge on any atom is 0.408 e. The number of unbranched alkanes of at least 4 members (excludes halogenated alkanes) is 3. The Morgan fingerprint density at radius 3 is 2.15 bits per heavy atom. The SMILES string of the molecule is CCCCCCN(C(=O)C(NC(=O)OC(C)(C)C)C(C)C)C(C(=O)Nc1ccc(OC)cc1)c1ccc(C)cc1C. The van der Waals surface area contributed by atoms with Gasteiger partial charge in [0.25, 0.3) is 5.91 Å². The van der Waals surface area contributed by atoms with Crippen LogP contribution in [0.1, 0.15) is 90.0 Å². The minimum atomic E-state index is -0.909. The highest BCUT2D eigenvalue weighted by molar-refractivity contribution is 5.99. The lowest BCUT2D eigenvalue weighted by atomic mass is 9.94. The molecule has 8 heteroatoms. The molecule has 0 saturated carbocycles. The summed E-state index contributed by atoms with van der Waals surface area (Å²) in [4.78, 5) is 42.8. The number of methoxy groups -OCH3 is 1. The number of aryl methyl sites for hydroxylation is 2. The van der Waals surface area contributed by atoms with Crippen LogP contribution in [0.15, 0.2) is 42.5 Å². The van der Waals surface area contributed by atoms with Crippen molar-refractivity contribution >= 4 is 23.6 Å². The Morgan fingerprint density at radius 1 is 0.951 bits per heavy atom. The van der Waals surface area contributed by atoms with Crippen molar-refractivity contribution in [3.63, 3.8) is 0 Å². The van der Waals surface area contributed by atoms with Gasteiger partial charge in [-0.1, -0.05) is 63.8 Å². The van der Waals surface area contributed by atoms with Gasteiger partial charge >= 0.3 is 6.09 Å². The van der Waals surface area contributed by atoms with Crippen LogP contribution in [0.3, 0.4) is 0 Å². The Bertz CT molecular complexity index is 1150. The number of amides is 3. The average Bonchev–Trinajstić information content (AvgIpc) is 2.88. The van der Waals surface area contributed by atoms with Crippen LogP contribution in [0, 0.1) is 19.8 Å². The second-order valence-corrected chi connectivity index (χ2v) is 11.9. The van der Waals surface area contributed by atoms with Gasteiger partial charge in [-0.25, -0.2) is 4.79 Å². The van der Waals surface area contributed by atoms with E-state index in [0.29, 0.717) is 18.0 Å². The van der Waals surface area contributed by atoms with E-state index in [9.17, 15) is 14.4 Å². The third-order valence-electron chi connectivity index (χ3n) is 6.78. The second-order valence-electron chi connectivity index (χ2n) is 11.9. The molecule has 2 rings (SSSR count). The van der Waals surface area contributed by atoms with Gasteiger partial charge in [-0.05, 0) is 82.3 Å². The predicted octanol–water partition coefficient (Wildman–Crippen LogP) is 6.95. The zero-order valence-corrected chi connectivity index (χ0v) is 26.3. The maximum absolute atomic E-state index is 14.3. The number of carbonyl (C=O) groups is 3. The molecular weight excluding hydrogens is 518 g/mol. The number of anilines is 1. The van der Waals surface area contributed by atoms with Gasteiger partial charge in [0.1, 0.15) is 23.4 Å². The summed E-state index contributed by atoms with van der Waals surface area (Å²) in [5.41, 5.74) is 2.59. The van der Waals surface area contributed by atoms with Crippen LogP contribution in [0.25, 0.3) is 0 Å². The molecule has 226 valence electrons. The Morgan fingerprint density at radius 2 is 1.61 bits per heavy atom. The Labute approximate surface area is 246 Å². The first kappa shape index (κ1) is 33.7. The van der Waals surface area contributed by atoms with Crippen LogP contribution < -0.4 is 15.4 Å². The van der Waals surface area contributed by atoms with Crippen LogP contribution in [-0.4, -0.2) is 48.1 Å². The van der Waals surface area contributed by atoms with Gasteiger partial charge < -0.3 is 25.0 Å². The quantitative estimate of drug-likeness (QED) is 0.255.